The predicted molar refractivity (Wildman–Crippen MR) is 114 cm³/mol. The second-order valence-corrected chi connectivity index (χ2v) is 6.95. The summed E-state index contributed by atoms with van der Waals surface area (Å²) in [5.74, 6) is 0.761. The van der Waals surface area contributed by atoms with Crippen LogP contribution in [-0.4, -0.2) is 48.4 Å². The van der Waals surface area contributed by atoms with Crippen LogP contribution in [0.2, 0.25) is 0 Å². The number of rotatable bonds is 9. The van der Waals surface area contributed by atoms with Crippen LogP contribution in [0.4, 0.5) is 0 Å². The Labute approximate surface area is 170 Å². The van der Waals surface area contributed by atoms with E-state index in [1.807, 2.05) is 54.7 Å². The van der Waals surface area contributed by atoms with Crippen molar-refractivity contribution in [2.45, 2.75) is 19.8 Å². The van der Waals surface area contributed by atoms with Crippen LogP contribution < -0.4 is 10.1 Å². The third kappa shape index (κ3) is 5.38. The van der Waals surface area contributed by atoms with Crippen molar-refractivity contribution in [2.75, 3.05) is 26.7 Å². The number of methoxy groups -OCH3 is 1. The molecule has 0 saturated heterocycles. The van der Waals surface area contributed by atoms with E-state index in [2.05, 4.69) is 10.3 Å². The number of carbonyl (C=O) groups is 2. The maximum absolute atomic E-state index is 12.3. The Morgan fingerprint density at radius 2 is 1.79 bits per heavy atom. The van der Waals surface area contributed by atoms with Crippen molar-refractivity contribution >= 4 is 22.7 Å². The Morgan fingerprint density at radius 3 is 2.59 bits per heavy atom. The molecule has 3 aromatic rings. The number of carbonyl (C=O) groups excluding carboxylic acids is 2. The molecule has 152 valence electrons. The summed E-state index contributed by atoms with van der Waals surface area (Å²) in [6.07, 6.45) is 2.89. The molecule has 6 nitrogen and oxygen atoms in total. The highest BCUT2D eigenvalue weighted by molar-refractivity contribution is 5.88. The largest absolute Gasteiger partial charge is 0.496 e. The molecule has 2 amide bonds. The fraction of sp³-hybridized carbons (Fsp3) is 0.304. The molecule has 0 radical (unpaired) electrons. The second-order valence-electron chi connectivity index (χ2n) is 6.95. The normalized spacial score (nSPS) is 10.7. The first-order chi connectivity index (χ1) is 14.1. The van der Waals surface area contributed by atoms with Crippen molar-refractivity contribution in [3.8, 4) is 5.75 Å². The van der Waals surface area contributed by atoms with Gasteiger partial charge in [0.15, 0.2) is 0 Å². The van der Waals surface area contributed by atoms with Gasteiger partial charge in [-0.15, -0.1) is 0 Å². The van der Waals surface area contributed by atoms with Gasteiger partial charge < -0.3 is 19.9 Å². The van der Waals surface area contributed by atoms with Gasteiger partial charge in [0.25, 0.3) is 0 Å². The van der Waals surface area contributed by atoms with Crippen molar-refractivity contribution in [3.05, 3.63) is 65.9 Å². The van der Waals surface area contributed by atoms with E-state index < -0.39 is 0 Å². The number of benzene rings is 2. The van der Waals surface area contributed by atoms with Crippen LogP contribution in [0.25, 0.3) is 10.9 Å². The van der Waals surface area contributed by atoms with E-state index in [1.54, 1.807) is 18.9 Å². The van der Waals surface area contributed by atoms with Gasteiger partial charge >= 0.3 is 0 Å². The summed E-state index contributed by atoms with van der Waals surface area (Å²) < 4.78 is 5.37. The maximum atomic E-state index is 12.3. The molecule has 0 unspecified atom stereocenters. The molecule has 0 aliphatic rings. The summed E-state index contributed by atoms with van der Waals surface area (Å²) in [5, 5.41) is 3.98. The van der Waals surface area contributed by atoms with Gasteiger partial charge in [0.05, 0.1) is 13.5 Å². The van der Waals surface area contributed by atoms with E-state index in [0.29, 0.717) is 32.5 Å². The zero-order chi connectivity index (χ0) is 20.6. The zero-order valence-corrected chi connectivity index (χ0v) is 16.9. The van der Waals surface area contributed by atoms with E-state index in [9.17, 15) is 9.59 Å². The second kappa shape index (κ2) is 9.78. The number of nitrogens with one attached hydrogen (secondary N) is 2. The highest BCUT2D eigenvalue weighted by atomic mass is 16.5. The highest BCUT2D eigenvalue weighted by Gasteiger charge is 2.12. The van der Waals surface area contributed by atoms with Gasteiger partial charge in [-0.2, -0.15) is 0 Å². The number of ether oxygens (including phenoxy) is 1. The van der Waals surface area contributed by atoms with Crippen molar-refractivity contribution in [3.63, 3.8) is 0 Å². The van der Waals surface area contributed by atoms with Crippen LogP contribution in [0.1, 0.15) is 18.1 Å². The van der Waals surface area contributed by atoms with Crippen LogP contribution in [0.15, 0.2) is 54.7 Å². The molecule has 1 heterocycles. The lowest BCUT2D eigenvalue weighted by Crippen LogP contribution is -2.39. The van der Waals surface area contributed by atoms with Crippen molar-refractivity contribution in [1.29, 1.82) is 0 Å². The molecule has 0 spiro atoms. The average molecular weight is 393 g/mol. The van der Waals surface area contributed by atoms with Gasteiger partial charge in [0.1, 0.15) is 5.75 Å². The number of H-pyrrole nitrogens is 1. The quantitative estimate of drug-likeness (QED) is 0.587. The molecule has 3 rings (SSSR count). The van der Waals surface area contributed by atoms with Crippen molar-refractivity contribution in [1.82, 2.24) is 15.2 Å². The van der Waals surface area contributed by atoms with Crippen LogP contribution in [0.3, 0.4) is 0 Å². The first kappa shape index (κ1) is 20.5. The monoisotopic (exact) mass is 393 g/mol. The first-order valence-electron chi connectivity index (χ1n) is 9.77. The minimum atomic E-state index is -0.0528. The summed E-state index contributed by atoms with van der Waals surface area (Å²) in [6, 6.07) is 15.7. The Bertz CT molecular complexity index is 980. The molecule has 2 aromatic carbocycles. The van der Waals surface area contributed by atoms with Gasteiger partial charge in [-0.3, -0.25) is 9.59 Å². The fourth-order valence-electron chi connectivity index (χ4n) is 3.44. The van der Waals surface area contributed by atoms with Crippen LogP contribution in [0, 0.1) is 0 Å². The molecule has 1 aromatic heterocycles. The molecule has 0 bridgehead atoms. The molecule has 0 aliphatic carbocycles. The van der Waals surface area contributed by atoms with Crippen LogP contribution in [0.5, 0.6) is 5.75 Å². The van der Waals surface area contributed by atoms with Crippen molar-refractivity contribution < 1.29 is 14.3 Å². The number of fused-ring (bicyclic) bond motifs is 1. The lowest BCUT2D eigenvalue weighted by atomic mass is 10.1. The Balaban J connectivity index is 1.49. The lowest BCUT2D eigenvalue weighted by molar-refractivity contribution is -0.129. The molecular weight excluding hydrogens is 366 g/mol. The number of hydrogen-bond donors (Lipinski definition) is 2. The topological polar surface area (TPSA) is 74.4 Å². The smallest absolute Gasteiger partial charge is 0.224 e. The fourth-order valence-corrected chi connectivity index (χ4v) is 3.44. The number of aromatic nitrogens is 1. The minimum Gasteiger partial charge on any atom is -0.496 e. The van der Waals surface area contributed by atoms with Gasteiger partial charge in [-0.1, -0.05) is 36.4 Å². The number of amides is 2. The predicted octanol–water partition coefficient (Wildman–Crippen LogP) is 2.93. The average Bonchev–Trinajstić information content (AvgIpc) is 3.13. The van der Waals surface area contributed by atoms with Gasteiger partial charge in [0, 0.05) is 43.7 Å². The number of aromatic amines is 1. The molecule has 6 heteroatoms. The highest BCUT2D eigenvalue weighted by Crippen LogP contribution is 2.19. The van der Waals surface area contributed by atoms with Crippen LogP contribution in [-0.2, 0) is 22.4 Å². The third-order valence-corrected chi connectivity index (χ3v) is 5.02. The molecule has 29 heavy (non-hydrogen) atoms. The third-order valence-electron chi connectivity index (χ3n) is 5.02. The molecule has 0 aliphatic heterocycles. The number of para-hydroxylation sites is 2. The maximum Gasteiger partial charge on any atom is 0.224 e. The SMILES string of the molecule is COc1ccccc1CCN(CCNC(=O)Cc1c[nH]c2ccccc12)C(C)=O. The molecular formula is C23H27N3O3. The van der Waals surface area contributed by atoms with E-state index in [1.165, 1.54) is 0 Å². The summed E-state index contributed by atoms with van der Waals surface area (Å²) >= 11 is 0. The van der Waals surface area contributed by atoms with Gasteiger partial charge in [-0.25, -0.2) is 0 Å². The van der Waals surface area contributed by atoms with Gasteiger partial charge in [0.2, 0.25) is 11.8 Å². The molecule has 0 fully saturated rings. The molecule has 2 N–H and O–H groups in total. The summed E-state index contributed by atoms with van der Waals surface area (Å²) in [4.78, 5) is 29.2. The summed E-state index contributed by atoms with van der Waals surface area (Å²) in [5.41, 5.74) is 3.05. The Kier molecular flexibility index (Phi) is 6.89. The van der Waals surface area contributed by atoms with Crippen LogP contribution >= 0.6 is 0 Å². The van der Waals surface area contributed by atoms with Crippen molar-refractivity contribution in [2.24, 2.45) is 0 Å². The Hall–Kier alpha value is -3.28. The lowest BCUT2D eigenvalue weighted by Gasteiger charge is -2.22. The number of nitrogens with zero attached hydrogens (tertiary/aromatic N) is 1. The minimum absolute atomic E-state index is 0.00854. The molecule has 0 atom stereocenters. The van der Waals surface area contributed by atoms with E-state index in [0.717, 1.165) is 27.8 Å². The Morgan fingerprint density at radius 1 is 1.03 bits per heavy atom. The molecule has 0 saturated carbocycles. The van der Waals surface area contributed by atoms with E-state index >= 15 is 0 Å². The summed E-state index contributed by atoms with van der Waals surface area (Å²) in [7, 11) is 1.64. The van der Waals surface area contributed by atoms with E-state index in [-0.39, 0.29) is 11.8 Å². The summed E-state index contributed by atoms with van der Waals surface area (Å²) in [6.45, 7) is 3.03. The first-order valence-corrected chi connectivity index (χ1v) is 9.77. The zero-order valence-electron chi connectivity index (χ0n) is 16.9. The standard InChI is InChI=1S/C23H27N3O3/c1-17(27)26(13-11-18-7-3-6-10-22(18)29-2)14-12-24-23(28)15-19-16-25-21-9-5-4-8-20(19)21/h3-10,16,25H,11-15H2,1-2H3,(H,24,28). The number of hydrogen-bond acceptors (Lipinski definition) is 3. The van der Waals surface area contributed by atoms with E-state index in [4.69, 9.17) is 4.74 Å². The van der Waals surface area contributed by atoms with Gasteiger partial charge in [-0.05, 0) is 29.7 Å².